The van der Waals surface area contributed by atoms with Crippen molar-refractivity contribution in [1.82, 2.24) is 9.97 Å². The Morgan fingerprint density at radius 1 is 1.00 bits per heavy atom. The van der Waals surface area contributed by atoms with E-state index in [0.29, 0.717) is 11.4 Å². The first kappa shape index (κ1) is 18.0. The zero-order valence-electron chi connectivity index (χ0n) is 15.5. The first-order valence-electron chi connectivity index (χ1n) is 9.34. The van der Waals surface area contributed by atoms with E-state index in [1.807, 2.05) is 12.2 Å². The highest BCUT2D eigenvalue weighted by Gasteiger charge is 2.59. The van der Waals surface area contributed by atoms with E-state index in [-0.39, 0.29) is 46.3 Å². The lowest BCUT2D eigenvalue weighted by atomic mass is 9.85. The average Bonchev–Trinajstić information content (AvgIpc) is 3.35. The van der Waals surface area contributed by atoms with Gasteiger partial charge in [0.2, 0.25) is 17.8 Å². The van der Waals surface area contributed by atoms with Crippen LogP contribution in [0.25, 0.3) is 0 Å². The summed E-state index contributed by atoms with van der Waals surface area (Å²) in [6, 6.07) is 7.37. The smallest absolute Gasteiger partial charge is 0.264 e. The Hall–Kier alpha value is -3.07. The van der Waals surface area contributed by atoms with Gasteiger partial charge < -0.3 is 0 Å². The molecule has 2 aromatic rings. The van der Waals surface area contributed by atoms with Crippen LogP contribution in [-0.2, 0) is 19.6 Å². The van der Waals surface area contributed by atoms with Crippen LogP contribution in [0.4, 0.5) is 11.6 Å². The van der Waals surface area contributed by atoms with Crippen LogP contribution in [-0.4, -0.2) is 30.2 Å². The second-order valence-corrected chi connectivity index (χ2v) is 9.32. The molecule has 3 aliphatic rings. The number of allylic oxidation sites excluding steroid dienone is 2. The number of imide groups is 1. The fourth-order valence-electron chi connectivity index (χ4n) is 4.61. The first-order valence-corrected chi connectivity index (χ1v) is 10.8. The number of carbonyl (C=O) groups excluding carboxylic acids is 2. The molecule has 2 heterocycles. The number of anilines is 2. The predicted octanol–water partition coefficient (Wildman–Crippen LogP) is 1.90. The number of fused-ring (bicyclic) bond motifs is 5. The summed E-state index contributed by atoms with van der Waals surface area (Å²) < 4.78 is 27.5. The molecule has 2 bridgehead atoms. The van der Waals surface area contributed by atoms with Crippen molar-refractivity contribution in [3.05, 3.63) is 54.4 Å². The molecule has 5 rings (SSSR count). The van der Waals surface area contributed by atoms with Gasteiger partial charge in [-0.05, 0) is 55.5 Å². The highest BCUT2D eigenvalue weighted by molar-refractivity contribution is 7.92. The third-order valence-electron chi connectivity index (χ3n) is 5.90. The minimum Gasteiger partial charge on any atom is -0.274 e. The SMILES string of the molecule is Cc1ccnc(NS(=O)(=O)c2ccc(N3C(=O)[C@@H]4[C@@H](C3=O)[C@H]3C=C[C@@H]4C3)cc2)n1. The number of hydrogen-bond donors (Lipinski definition) is 1. The van der Waals surface area contributed by atoms with Crippen molar-refractivity contribution >= 4 is 33.5 Å². The Morgan fingerprint density at radius 2 is 1.62 bits per heavy atom. The van der Waals surface area contributed by atoms with Gasteiger partial charge in [0.1, 0.15) is 0 Å². The summed E-state index contributed by atoms with van der Waals surface area (Å²) in [6.07, 6.45) is 6.40. The Morgan fingerprint density at radius 3 is 2.21 bits per heavy atom. The van der Waals surface area contributed by atoms with Crippen LogP contribution in [0.5, 0.6) is 0 Å². The Bertz CT molecular complexity index is 1130. The van der Waals surface area contributed by atoms with Gasteiger partial charge in [-0.1, -0.05) is 12.2 Å². The van der Waals surface area contributed by atoms with Crippen LogP contribution in [0.2, 0.25) is 0 Å². The van der Waals surface area contributed by atoms with Gasteiger partial charge in [0.05, 0.1) is 22.4 Å². The lowest BCUT2D eigenvalue weighted by Gasteiger charge is -2.17. The summed E-state index contributed by atoms with van der Waals surface area (Å²) in [4.78, 5) is 34.9. The van der Waals surface area contributed by atoms with Crippen molar-refractivity contribution in [3.8, 4) is 0 Å². The van der Waals surface area contributed by atoms with Gasteiger partial charge in [-0.3, -0.25) is 14.5 Å². The van der Waals surface area contributed by atoms with Gasteiger partial charge in [-0.25, -0.2) is 23.1 Å². The molecule has 2 aliphatic carbocycles. The molecule has 1 saturated heterocycles. The molecule has 1 aromatic carbocycles. The van der Waals surface area contributed by atoms with Crippen LogP contribution < -0.4 is 9.62 Å². The molecule has 8 nitrogen and oxygen atoms in total. The molecule has 148 valence electrons. The highest BCUT2D eigenvalue weighted by atomic mass is 32.2. The minimum atomic E-state index is -3.89. The molecule has 9 heteroatoms. The molecule has 1 N–H and O–H groups in total. The van der Waals surface area contributed by atoms with E-state index in [2.05, 4.69) is 14.7 Å². The number of aromatic nitrogens is 2. The first-order chi connectivity index (χ1) is 13.8. The second-order valence-electron chi connectivity index (χ2n) is 7.63. The second kappa shape index (κ2) is 6.21. The zero-order valence-corrected chi connectivity index (χ0v) is 16.3. The van der Waals surface area contributed by atoms with Crippen LogP contribution >= 0.6 is 0 Å². The number of nitrogens with zero attached hydrogens (tertiary/aromatic N) is 3. The Labute approximate surface area is 167 Å². The van der Waals surface area contributed by atoms with E-state index < -0.39 is 10.0 Å². The summed E-state index contributed by atoms with van der Waals surface area (Å²) in [5.41, 5.74) is 1.02. The highest BCUT2D eigenvalue weighted by Crippen LogP contribution is 2.53. The molecule has 4 atom stereocenters. The molecule has 29 heavy (non-hydrogen) atoms. The topological polar surface area (TPSA) is 109 Å². The number of benzene rings is 1. The summed E-state index contributed by atoms with van der Waals surface area (Å²) >= 11 is 0. The molecule has 0 spiro atoms. The lowest BCUT2D eigenvalue weighted by molar-refractivity contribution is -0.123. The van der Waals surface area contributed by atoms with Crippen LogP contribution in [0.3, 0.4) is 0 Å². The van der Waals surface area contributed by atoms with Crippen molar-refractivity contribution in [1.29, 1.82) is 0 Å². The largest absolute Gasteiger partial charge is 0.274 e. The molecule has 2 fully saturated rings. The van der Waals surface area contributed by atoms with E-state index in [1.165, 1.54) is 35.4 Å². The number of rotatable bonds is 4. The fraction of sp³-hybridized carbons (Fsp3) is 0.300. The number of hydrogen-bond acceptors (Lipinski definition) is 6. The molecule has 1 aromatic heterocycles. The van der Waals surface area contributed by atoms with Crippen LogP contribution in [0, 0.1) is 30.6 Å². The van der Waals surface area contributed by atoms with E-state index in [9.17, 15) is 18.0 Å². The lowest BCUT2D eigenvalue weighted by Crippen LogP contribution is -2.32. The van der Waals surface area contributed by atoms with Crippen molar-refractivity contribution < 1.29 is 18.0 Å². The molecule has 1 saturated carbocycles. The number of amides is 2. The van der Waals surface area contributed by atoms with E-state index in [4.69, 9.17) is 0 Å². The molecule has 0 radical (unpaired) electrons. The number of carbonyl (C=O) groups is 2. The van der Waals surface area contributed by atoms with Gasteiger partial charge >= 0.3 is 0 Å². The molecule has 0 unspecified atom stereocenters. The average molecular weight is 410 g/mol. The minimum absolute atomic E-state index is 0.00705. The summed E-state index contributed by atoms with van der Waals surface area (Å²) in [6.45, 7) is 1.73. The molecule has 2 amide bonds. The maximum atomic E-state index is 12.9. The van der Waals surface area contributed by atoms with Crippen molar-refractivity contribution in [3.63, 3.8) is 0 Å². The van der Waals surface area contributed by atoms with Gasteiger partial charge in [0, 0.05) is 11.9 Å². The zero-order chi connectivity index (χ0) is 20.3. The maximum Gasteiger partial charge on any atom is 0.264 e. The normalized spacial score (nSPS) is 27.6. The number of nitrogens with one attached hydrogen (secondary N) is 1. The van der Waals surface area contributed by atoms with Gasteiger partial charge in [-0.2, -0.15) is 0 Å². The third kappa shape index (κ3) is 2.76. The van der Waals surface area contributed by atoms with Gasteiger partial charge in [-0.15, -0.1) is 0 Å². The monoisotopic (exact) mass is 410 g/mol. The molecular formula is C20H18N4O4S. The van der Waals surface area contributed by atoms with Gasteiger partial charge in [0.25, 0.3) is 10.0 Å². The van der Waals surface area contributed by atoms with E-state index in [0.717, 1.165) is 6.42 Å². The van der Waals surface area contributed by atoms with E-state index in [1.54, 1.807) is 13.0 Å². The molecular weight excluding hydrogens is 392 g/mol. The van der Waals surface area contributed by atoms with E-state index >= 15 is 0 Å². The predicted molar refractivity (Wildman–Crippen MR) is 104 cm³/mol. The van der Waals surface area contributed by atoms with Crippen molar-refractivity contribution in [2.24, 2.45) is 23.7 Å². The van der Waals surface area contributed by atoms with Crippen LogP contribution in [0.15, 0.2) is 53.6 Å². The number of aryl methyl sites for hydroxylation is 1. The standard InChI is InChI=1S/C20H18N4O4S/c1-11-8-9-21-20(22-11)23-29(27,28)15-6-4-14(5-7-15)24-18(25)16-12-2-3-13(10-12)17(16)19(24)26/h2-9,12-13,16-17H,10H2,1H3,(H,21,22,23)/t12-,13+,16-,17-/m0/s1. The van der Waals surface area contributed by atoms with Crippen LogP contribution in [0.1, 0.15) is 12.1 Å². The summed E-state index contributed by atoms with van der Waals surface area (Å²) in [7, 11) is -3.89. The Balaban J connectivity index is 1.39. The third-order valence-corrected chi connectivity index (χ3v) is 7.24. The summed E-state index contributed by atoms with van der Waals surface area (Å²) in [5.74, 6) is -0.733. The molecule has 1 aliphatic heterocycles. The summed E-state index contributed by atoms with van der Waals surface area (Å²) in [5, 5.41) is 0. The fourth-order valence-corrected chi connectivity index (χ4v) is 5.56. The van der Waals surface area contributed by atoms with Crippen molar-refractivity contribution in [2.45, 2.75) is 18.2 Å². The number of sulfonamides is 1. The van der Waals surface area contributed by atoms with Crippen molar-refractivity contribution in [2.75, 3.05) is 9.62 Å². The van der Waals surface area contributed by atoms with Gasteiger partial charge in [0.15, 0.2) is 0 Å². The quantitative estimate of drug-likeness (QED) is 0.609. The Kier molecular flexibility index (Phi) is 3.86. The maximum absolute atomic E-state index is 12.9.